The summed E-state index contributed by atoms with van der Waals surface area (Å²) in [5, 5.41) is 37.7. The van der Waals surface area contributed by atoms with E-state index in [0.717, 1.165) is 10.8 Å². The third-order valence-electron chi connectivity index (χ3n) is 3.84. The molecule has 2 heterocycles. The molecule has 0 fully saturated rings. The number of pyridine rings is 2. The zero-order valence-corrected chi connectivity index (χ0v) is 19.0. The number of carbonyl (C=O) groups is 2. The van der Waals surface area contributed by atoms with Crippen LogP contribution in [-0.2, 0) is 27.3 Å². The smallest absolute Gasteiger partial charge is 0.354 e. The maximum atomic E-state index is 10.6. The van der Waals surface area contributed by atoms with E-state index in [0.29, 0.717) is 11.0 Å². The Hall–Kier alpha value is -3.28. The van der Waals surface area contributed by atoms with Gasteiger partial charge in [-0.2, -0.15) is 0 Å². The van der Waals surface area contributed by atoms with Crippen molar-refractivity contribution in [3.8, 4) is 11.5 Å². The Bertz CT molecular complexity index is 1120. The van der Waals surface area contributed by atoms with Gasteiger partial charge in [0, 0.05) is 38.1 Å². The van der Waals surface area contributed by atoms with Crippen molar-refractivity contribution in [1.82, 2.24) is 9.97 Å². The predicted molar refractivity (Wildman–Crippen MR) is 101 cm³/mol. The molecule has 2 aromatic carbocycles. The number of carboxylic acids is 2. The Morgan fingerprint density at radius 3 is 1.34 bits per heavy atom. The number of phenols is 2. The number of rotatable bonds is 2. The minimum atomic E-state index is -1.10. The van der Waals surface area contributed by atoms with E-state index in [2.05, 4.69) is 9.97 Å². The first-order chi connectivity index (χ1) is 13.4. The van der Waals surface area contributed by atoms with Gasteiger partial charge in [0.1, 0.15) is 33.9 Å². The van der Waals surface area contributed by atoms with Crippen LogP contribution < -0.4 is 0 Å². The van der Waals surface area contributed by atoms with Gasteiger partial charge in [-0.05, 0) is 24.3 Å². The molecule has 4 N–H and O–H groups in total. The molecule has 29 heavy (non-hydrogen) atoms. The number of fused-ring (bicyclic) bond motifs is 2. The quantitative estimate of drug-likeness (QED) is 0.314. The SMILES string of the molecule is O=C(O)c1ccc2cccc(O)c2n1.O=C(O)c1ccc2cccc(O)c2n1.[Cd]. The van der Waals surface area contributed by atoms with Crippen LogP contribution in [0.1, 0.15) is 21.0 Å². The molecular formula is C20H14CdN2O6. The van der Waals surface area contributed by atoms with Crippen molar-refractivity contribution < 1.29 is 57.3 Å². The molecule has 9 heteroatoms. The van der Waals surface area contributed by atoms with Crippen molar-refractivity contribution in [3.63, 3.8) is 0 Å². The molecule has 0 saturated carbocycles. The van der Waals surface area contributed by atoms with Crippen LogP contribution in [0, 0.1) is 0 Å². The molecule has 0 aliphatic rings. The number of benzene rings is 2. The Kier molecular flexibility index (Phi) is 7.04. The fraction of sp³-hybridized carbons (Fsp3) is 0. The van der Waals surface area contributed by atoms with Gasteiger partial charge in [-0.25, -0.2) is 19.6 Å². The summed E-state index contributed by atoms with van der Waals surface area (Å²) < 4.78 is 0. The van der Waals surface area contributed by atoms with Gasteiger partial charge in [-0.3, -0.25) is 0 Å². The summed E-state index contributed by atoms with van der Waals surface area (Å²) in [6, 6.07) is 15.9. The van der Waals surface area contributed by atoms with E-state index in [1.807, 2.05) is 0 Å². The Morgan fingerprint density at radius 1 is 0.621 bits per heavy atom. The number of hydrogen-bond acceptors (Lipinski definition) is 6. The summed E-state index contributed by atoms with van der Waals surface area (Å²) in [4.78, 5) is 28.9. The maximum absolute atomic E-state index is 10.6. The first kappa shape index (κ1) is 22.0. The van der Waals surface area contributed by atoms with Crippen LogP contribution >= 0.6 is 0 Å². The molecule has 8 nitrogen and oxygen atoms in total. The van der Waals surface area contributed by atoms with Crippen LogP contribution in [0.2, 0.25) is 0 Å². The molecule has 4 aromatic rings. The molecule has 0 unspecified atom stereocenters. The van der Waals surface area contributed by atoms with Gasteiger partial charge in [0.25, 0.3) is 0 Å². The number of hydrogen-bond donors (Lipinski definition) is 4. The maximum Gasteiger partial charge on any atom is 0.354 e. The van der Waals surface area contributed by atoms with E-state index < -0.39 is 11.9 Å². The van der Waals surface area contributed by atoms with Crippen LogP contribution in [0.5, 0.6) is 11.5 Å². The first-order valence-corrected chi connectivity index (χ1v) is 8.01. The van der Waals surface area contributed by atoms with Crippen molar-refractivity contribution in [2.75, 3.05) is 0 Å². The minimum Gasteiger partial charge on any atom is -0.506 e. The summed E-state index contributed by atoms with van der Waals surface area (Å²) in [5.74, 6) is -2.22. The minimum absolute atomic E-state index is 0. The number of aromatic nitrogens is 2. The fourth-order valence-corrected chi connectivity index (χ4v) is 2.50. The van der Waals surface area contributed by atoms with Gasteiger partial charge >= 0.3 is 11.9 Å². The first-order valence-electron chi connectivity index (χ1n) is 8.01. The zero-order valence-electron chi connectivity index (χ0n) is 15.0. The fourth-order valence-electron chi connectivity index (χ4n) is 2.50. The number of carboxylic acid groups (broad SMARTS) is 2. The second-order valence-electron chi connectivity index (χ2n) is 5.70. The molecule has 0 aliphatic carbocycles. The molecule has 0 saturated heterocycles. The Morgan fingerprint density at radius 2 is 1.00 bits per heavy atom. The van der Waals surface area contributed by atoms with Crippen LogP contribution in [0.15, 0.2) is 60.7 Å². The van der Waals surface area contributed by atoms with Gasteiger partial charge in [-0.1, -0.05) is 36.4 Å². The second-order valence-corrected chi connectivity index (χ2v) is 5.70. The number of para-hydroxylation sites is 2. The van der Waals surface area contributed by atoms with Gasteiger partial charge < -0.3 is 20.4 Å². The number of aromatic carboxylic acids is 2. The molecule has 0 atom stereocenters. The molecule has 0 aliphatic heterocycles. The zero-order chi connectivity index (χ0) is 20.3. The van der Waals surface area contributed by atoms with Gasteiger partial charge in [0.05, 0.1) is 0 Å². The monoisotopic (exact) mass is 492 g/mol. The summed E-state index contributed by atoms with van der Waals surface area (Å²) in [7, 11) is 0. The van der Waals surface area contributed by atoms with Crippen molar-refractivity contribution in [2.24, 2.45) is 0 Å². The van der Waals surface area contributed by atoms with E-state index >= 15 is 0 Å². The van der Waals surface area contributed by atoms with Crippen molar-refractivity contribution in [1.29, 1.82) is 0 Å². The average molecular weight is 491 g/mol. The Labute approximate surface area is 184 Å². The van der Waals surface area contributed by atoms with Crippen LogP contribution in [0.25, 0.3) is 21.8 Å². The topological polar surface area (TPSA) is 141 Å². The largest absolute Gasteiger partial charge is 0.506 e. The standard InChI is InChI=1S/2C10H7NO3.Cd/c2*12-8-3-1-2-6-4-5-7(10(13)14)11-9(6)8;/h2*1-5,12H,(H,13,14);. The summed E-state index contributed by atoms with van der Waals surface area (Å²) >= 11 is 0. The van der Waals surface area contributed by atoms with Crippen molar-refractivity contribution in [2.45, 2.75) is 0 Å². The van der Waals surface area contributed by atoms with Gasteiger partial charge in [0.2, 0.25) is 0 Å². The molecule has 0 radical (unpaired) electrons. The molecule has 0 bridgehead atoms. The summed E-state index contributed by atoms with van der Waals surface area (Å²) in [5.41, 5.74) is 0.484. The van der Waals surface area contributed by atoms with Gasteiger partial charge in [-0.15, -0.1) is 0 Å². The number of nitrogens with zero attached hydrogens (tertiary/aromatic N) is 2. The molecule has 2 aromatic heterocycles. The average Bonchev–Trinajstić information content (AvgIpc) is 2.68. The van der Waals surface area contributed by atoms with Crippen molar-refractivity contribution >= 4 is 33.7 Å². The van der Waals surface area contributed by atoms with E-state index in [4.69, 9.17) is 10.2 Å². The second kappa shape index (κ2) is 9.28. The molecule has 142 valence electrons. The summed E-state index contributed by atoms with van der Waals surface area (Å²) in [6.45, 7) is 0. The molecule has 4 rings (SSSR count). The predicted octanol–water partition coefficient (Wildman–Crippen LogP) is 3.27. The van der Waals surface area contributed by atoms with Crippen molar-refractivity contribution in [3.05, 3.63) is 72.1 Å². The van der Waals surface area contributed by atoms with Crippen LogP contribution in [0.3, 0.4) is 0 Å². The number of phenolic OH excluding ortho intramolecular Hbond substituents is 2. The Balaban J connectivity index is 0.000000200. The third kappa shape index (κ3) is 4.96. The van der Waals surface area contributed by atoms with E-state index in [1.165, 1.54) is 24.3 Å². The van der Waals surface area contributed by atoms with E-state index in [9.17, 15) is 19.8 Å². The molecule has 0 amide bonds. The van der Waals surface area contributed by atoms with Crippen LogP contribution in [-0.4, -0.2) is 42.3 Å². The van der Waals surface area contributed by atoms with Crippen LogP contribution in [0.4, 0.5) is 0 Å². The normalized spacial score (nSPS) is 9.93. The molecule has 0 spiro atoms. The molecular weight excluding hydrogens is 477 g/mol. The van der Waals surface area contributed by atoms with E-state index in [1.54, 1.807) is 36.4 Å². The van der Waals surface area contributed by atoms with E-state index in [-0.39, 0.29) is 50.2 Å². The van der Waals surface area contributed by atoms with Gasteiger partial charge in [0.15, 0.2) is 0 Å². The third-order valence-corrected chi connectivity index (χ3v) is 3.84. The summed E-state index contributed by atoms with van der Waals surface area (Å²) in [6.07, 6.45) is 0. The number of aromatic hydroxyl groups is 2.